The molecule has 0 saturated carbocycles. The zero-order valence-corrected chi connectivity index (χ0v) is 18.3. The molecule has 33 heavy (non-hydrogen) atoms. The van der Waals surface area contributed by atoms with Crippen LogP contribution >= 0.6 is 11.6 Å². The molecule has 9 heteroatoms. The van der Waals surface area contributed by atoms with Gasteiger partial charge in [-0.15, -0.1) is 0 Å². The lowest BCUT2D eigenvalue weighted by atomic mass is 9.59. The number of halogens is 1. The number of allylic oxidation sites excluding steroid dienone is 6. The number of Topliss-reactive ketones (excluding diaryl/α,β-unsaturated/α-hetero) is 1. The molecule has 0 radical (unpaired) electrons. The lowest BCUT2D eigenvalue weighted by Crippen LogP contribution is -2.42. The van der Waals surface area contributed by atoms with Gasteiger partial charge >= 0.3 is 6.03 Å². The molecule has 1 aromatic rings. The fourth-order valence-corrected chi connectivity index (χ4v) is 5.97. The van der Waals surface area contributed by atoms with E-state index in [2.05, 4.69) is 0 Å². The van der Waals surface area contributed by atoms with Gasteiger partial charge in [-0.2, -0.15) is 4.90 Å². The maximum atomic E-state index is 13.2. The molecule has 168 valence electrons. The fourth-order valence-electron chi connectivity index (χ4n) is 5.68. The van der Waals surface area contributed by atoms with Crippen LogP contribution in [0.15, 0.2) is 52.6 Å². The quantitative estimate of drug-likeness (QED) is 0.371. The van der Waals surface area contributed by atoms with Gasteiger partial charge in [-0.05, 0) is 49.5 Å². The molecule has 4 aliphatic rings. The molecule has 3 N–H and O–H groups in total. The number of ketones is 2. The SMILES string of the molecule is CC1=CC(=O)C2=C(C1=O)C(c1ccc(O)cc1Cl)C1=CCC3C(=O)N(C(N)=O)C(=O)C3C1C2. The summed E-state index contributed by atoms with van der Waals surface area (Å²) in [4.78, 5) is 64.3. The number of benzene rings is 1. The molecule has 4 amide bonds. The third-order valence-electron chi connectivity index (χ3n) is 7.08. The van der Waals surface area contributed by atoms with Gasteiger partial charge in [0.1, 0.15) is 5.75 Å². The Labute approximate surface area is 193 Å². The Morgan fingerprint density at radius 3 is 2.55 bits per heavy atom. The van der Waals surface area contributed by atoms with Crippen LogP contribution in [0, 0.1) is 17.8 Å². The topological polar surface area (TPSA) is 135 Å². The van der Waals surface area contributed by atoms with E-state index in [0.29, 0.717) is 27.2 Å². The minimum absolute atomic E-state index is 0.0567. The van der Waals surface area contributed by atoms with Crippen molar-refractivity contribution < 1.29 is 29.1 Å². The number of primary amides is 1. The number of hydrogen-bond acceptors (Lipinski definition) is 6. The molecule has 1 aromatic carbocycles. The van der Waals surface area contributed by atoms with Gasteiger partial charge in [0.2, 0.25) is 11.8 Å². The molecule has 0 aromatic heterocycles. The molecule has 1 fully saturated rings. The zero-order chi connectivity index (χ0) is 23.8. The van der Waals surface area contributed by atoms with Crippen LogP contribution in [0.2, 0.25) is 5.02 Å². The second-order valence-electron chi connectivity index (χ2n) is 8.78. The van der Waals surface area contributed by atoms with Gasteiger partial charge in [-0.25, -0.2) is 4.79 Å². The Hall–Kier alpha value is -3.52. The zero-order valence-electron chi connectivity index (χ0n) is 17.5. The minimum Gasteiger partial charge on any atom is -0.508 e. The molecule has 5 rings (SSSR count). The highest BCUT2D eigenvalue weighted by Gasteiger charge is 2.57. The van der Waals surface area contributed by atoms with E-state index in [0.717, 1.165) is 0 Å². The van der Waals surface area contributed by atoms with Gasteiger partial charge in [0.15, 0.2) is 11.6 Å². The van der Waals surface area contributed by atoms with E-state index < -0.39 is 41.5 Å². The van der Waals surface area contributed by atoms with Gasteiger partial charge in [0.25, 0.3) is 0 Å². The van der Waals surface area contributed by atoms with E-state index in [1.165, 1.54) is 18.2 Å². The first kappa shape index (κ1) is 21.3. The van der Waals surface area contributed by atoms with Crippen molar-refractivity contribution in [1.29, 1.82) is 0 Å². The van der Waals surface area contributed by atoms with E-state index in [4.69, 9.17) is 17.3 Å². The Morgan fingerprint density at radius 2 is 1.88 bits per heavy atom. The first-order chi connectivity index (χ1) is 15.6. The highest BCUT2D eigenvalue weighted by molar-refractivity contribution is 6.32. The van der Waals surface area contributed by atoms with Crippen molar-refractivity contribution in [3.05, 3.63) is 63.2 Å². The Balaban J connectivity index is 1.72. The highest BCUT2D eigenvalue weighted by Crippen LogP contribution is 2.55. The van der Waals surface area contributed by atoms with Crippen molar-refractivity contribution in [1.82, 2.24) is 4.90 Å². The predicted molar refractivity (Wildman–Crippen MR) is 116 cm³/mol. The number of amides is 4. The van der Waals surface area contributed by atoms with Crippen LogP contribution in [-0.2, 0) is 19.2 Å². The maximum absolute atomic E-state index is 13.2. The third-order valence-corrected chi connectivity index (χ3v) is 7.41. The van der Waals surface area contributed by atoms with Crippen LogP contribution in [0.4, 0.5) is 4.79 Å². The number of imide groups is 3. The van der Waals surface area contributed by atoms with E-state index >= 15 is 0 Å². The number of likely N-dealkylation sites (tertiary alicyclic amines) is 1. The molecular formula is C24H19ClN2O6. The van der Waals surface area contributed by atoms with E-state index in [-0.39, 0.29) is 40.8 Å². The van der Waals surface area contributed by atoms with Crippen LogP contribution in [0.5, 0.6) is 5.75 Å². The Kier molecular flexibility index (Phi) is 4.68. The van der Waals surface area contributed by atoms with Crippen LogP contribution < -0.4 is 5.73 Å². The summed E-state index contributed by atoms with van der Waals surface area (Å²) in [6.45, 7) is 1.57. The number of nitrogens with two attached hydrogens (primary N) is 1. The van der Waals surface area contributed by atoms with Crippen molar-refractivity contribution in [2.24, 2.45) is 23.5 Å². The number of urea groups is 1. The average Bonchev–Trinajstić information content (AvgIpc) is 3.01. The summed E-state index contributed by atoms with van der Waals surface area (Å²) in [6.07, 6.45) is 3.37. The predicted octanol–water partition coefficient (Wildman–Crippen LogP) is 2.55. The molecule has 3 aliphatic carbocycles. The summed E-state index contributed by atoms with van der Waals surface area (Å²) in [5.41, 5.74) is 7.38. The van der Waals surface area contributed by atoms with Crippen LogP contribution in [-0.4, -0.2) is 39.4 Å². The summed E-state index contributed by atoms with van der Waals surface area (Å²) < 4.78 is 0. The normalized spacial score (nSPS) is 28.8. The van der Waals surface area contributed by atoms with Crippen molar-refractivity contribution in [3.63, 3.8) is 0 Å². The molecule has 8 nitrogen and oxygen atoms in total. The van der Waals surface area contributed by atoms with Crippen molar-refractivity contribution in [3.8, 4) is 5.75 Å². The van der Waals surface area contributed by atoms with E-state index in [1.54, 1.807) is 13.0 Å². The second kappa shape index (κ2) is 7.25. The van der Waals surface area contributed by atoms with Crippen molar-refractivity contribution in [2.45, 2.75) is 25.7 Å². The summed E-state index contributed by atoms with van der Waals surface area (Å²) in [5.74, 6) is -4.93. The van der Waals surface area contributed by atoms with E-state index in [9.17, 15) is 29.1 Å². The van der Waals surface area contributed by atoms with Crippen LogP contribution in [0.25, 0.3) is 0 Å². The number of aromatic hydroxyl groups is 1. The number of carbonyl (C=O) groups excluding carboxylic acids is 5. The van der Waals surface area contributed by atoms with Gasteiger partial charge in [-0.3, -0.25) is 19.2 Å². The van der Waals surface area contributed by atoms with Crippen molar-refractivity contribution in [2.75, 3.05) is 0 Å². The van der Waals surface area contributed by atoms with Gasteiger partial charge in [0.05, 0.1) is 11.8 Å². The molecular weight excluding hydrogens is 448 g/mol. The third kappa shape index (κ3) is 2.94. The average molecular weight is 467 g/mol. The number of phenols is 1. The molecule has 1 heterocycles. The Bertz CT molecular complexity index is 1290. The summed E-state index contributed by atoms with van der Waals surface area (Å²) in [6, 6.07) is 3.25. The fraction of sp³-hybridized carbons (Fsp3) is 0.292. The maximum Gasteiger partial charge on any atom is 0.328 e. The number of rotatable bonds is 1. The molecule has 1 aliphatic heterocycles. The highest BCUT2D eigenvalue weighted by atomic mass is 35.5. The first-order valence-electron chi connectivity index (χ1n) is 10.5. The molecule has 1 saturated heterocycles. The standard InChI is InChI=1S/C24H19ClN2O6/c1-9-6-17(29)15-8-14-11(4-5-13-19(14)23(32)27(22(13)31)24(26)33)18(20(15)21(9)30)12-3-2-10(28)7-16(12)25/h2-4,6-7,13-14,18-19,28H,5,8H2,1H3,(H2,26,33). The second-order valence-corrected chi connectivity index (χ2v) is 9.19. The van der Waals surface area contributed by atoms with Crippen LogP contribution in [0.1, 0.15) is 31.2 Å². The molecule has 0 spiro atoms. The summed E-state index contributed by atoms with van der Waals surface area (Å²) in [7, 11) is 0. The lowest BCUT2D eigenvalue weighted by Gasteiger charge is -2.42. The van der Waals surface area contributed by atoms with Crippen LogP contribution in [0.3, 0.4) is 0 Å². The van der Waals surface area contributed by atoms with Gasteiger partial charge < -0.3 is 10.8 Å². The van der Waals surface area contributed by atoms with Gasteiger partial charge in [-0.1, -0.05) is 29.3 Å². The Morgan fingerprint density at radius 1 is 1.15 bits per heavy atom. The molecule has 4 unspecified atom stereocenters. The summed E-state index contributed by atoms with van der Waals surface area (Å²) in [5, 5.41) is 10.0. The lowest BCUT2D eigenvalue weighted by molar-refractivity contribution is -0.136. The van der Waals surface area contributed by atoms with Crippen molar-refractivity contribution >= 4 is 41.0 Å². The number of phenolic OH excluding ortho intramolecular Hbond substituents is 1. The van der Waals surface area contributed by atoms with Gasteiger partial charge in [0, 0.05) is 27.7 Å². The van der Waals surface area contributed by atoms with E-state index in [1.807, 2.05) is 6.08 Å². The minimum atomic E-state index is -1.13. The smallest absolute Gasteiger partial charge is 0.328 e. The summed E-state index contributed by atoms with van der Waals surface area (Å²) >= 11 is 6.46. The molecule has 4 atom stereocenters. The number of hydrogen-bond donors (Lipinski definition) is 2. The molecule has 0 bridgehead atoms. The number of fused-ring (bicyclic) bond motifs is 3. The monoisotopic (exact) mass is 466 g/mol. The number of carbonyl (C=O) groups is 5. The first-order valence-corrected chi connectivity index (χ1v) is 10.9. The largest absolute Gasteiger partial charge is 0.508 e. The number of nitrogens with zero attached hydrogens (tertiary/aromatic N) is 1.